The minimum Gasteiger partial charge on any atom is -0.543 e. The van der Waals surface area contributed by atoms with E-state index in [1.54, 1.807) is 13.0 Å². The molecule has 9 heteroatoms. The number of hydrogen-bond donors (Lipinski definition) is 2. The van der Waals surface area contributed by atoms with E-state index >= 15 is 0 Å². The smallest absolute Gasteiger partial charge is 0.235 e. The lowest BCUT2D eigenvalue weighted by Crippen LogP contribution is -2.74. The predicted octanol–water partition coefficient (Wildman–Crippen LogP) is 0.514. The largest absolute Gasteiger partial charge is 0.543 e. The van der Waals surface area contributed by atoms with E-state index in [1.165, 1.54) is 10.5 Å². The van der Waals surface area contributed by atoms with Gasteiger partial charge in [-0.2, -0.15) is 0 Å². The van der Waals surface area contributed by atoms with Gasteiger partial charge < -0.3 is 34.0 Å². The number of benzene rings is 2. The standard InChI is InChI=1S/C32H36N3O6/c1-19(37)28-27-17-24(29(32(40)41)33(27)31(28)39)21-4-6-22-25-15-20(3-5-23(25)30(38)26(22)16-21)18-35-11-8-34(9-12-35,10-13-35)7-2-14-36/h3-6,15-16,19,27-28,36-37H,2,7-14,17-18H2,1H3/q+1/t19-,27-,28-,34?,35?/m1/s1. The van der Waals surface area contributed by atoms with E-state index in [-0.39, 0.29) is 18.1 Å². The lowest BCUT2D eigenvalue weighted by atomic mass is 9.82. The Morgan fingerprint density at radius 2 is 1.66 bits per heavy atom. The molecule has 1 aliphatic carbocycles. The summed E-state index contributed by atoms with van der Waals surface area (Å²) in [5.41, 5.74) is 5.10. The van der Waals surface area contributed by atoms with Crippen LogP contribution in [0.3, 0.4) is 0 Å². The molecule has 4 fully saturated rings. The lowest BCUT2D eigenvalue weighted by Gasteiger charge is -2.55. The zero-order valence-electron chi connectivity index (χ0n) is 23.3. The third kappa shape index (κ3) is 3.94. The Morgan fingerprint density at radius 1 is 0.976 bits per heavy atom. The van der Waals surface area contributed by atoms with Crippen LogP contribution in [0, 0.1) is 5.92 Å². The molecule has 4 saturated heterocycles. The number of amides is 1. The number of rotatable bonds is 8. The fourth-order valence-electron chi connectivity index (χ4n) is 8.24. The predicted molar refractivity (Wildman–Crippen MR) is 148 cm³/mol. The molecule has 0 spiro atoms. The van der Waals surface area contributed by atoms with Gasteiger partial charge in [0.15, 0.2) is 5.78 Å². The lowest BCUT2D eigenvalue weighted by molar-refractivity contribution is -1.09. The highest BCUT2D eigenvalue weighted by atomic mass is 16.4. The number of β-lactam (4-membered cyclic amide) rings is 1. The second kappa shape index (κ2) is 9.32. The molecule has 2 aromatic carbocycles. The Labute approximate surface area is 239 Å². The first kappa shape index (κ1) is 26.5. The van der Waals surface area contributed by atoms with Crippen molar-refractivity contribution in [2.75, 3.05) is 52.4 Å². The first-order valence-corrected chi connectivity index (χ1v) is 14.8. The number of aliphatic hydroxyl groups is 2. The number of aliphatic hydroxyl groups excluding tert-OH is 2. The summed E-state index contributed by atoms with van der Waals surface area (Å²) in [6, 6.07) is 11.2. The molecule has 0 saturated carbocycles. The second-order valence-corrected chi connectivity index (χ2v) is 12.8. The first-order chi connectivity index (χ1) is 19.7. The first-order valence-electron chi connectivity index (χ1n) is 14.8. The monoisotopic (exact) mass is 558 g/mol. The fraction of sp³-hybridized carbons (Fsp3) is 0.469. The molecule has 9 nitrogen and oxygen atoms in total. The maximum atomic E-state index is 13.5. The highest BCUT2D eigenvalue weighted by Crippen LogP contribution is 2.48. The molecule has 214 valence electrons. The van der Waals surface area contributed by atoms with Crippen molar-refractivity contribution in [2.24, 2.45) is 5.92 Å². The Hall–Kier alpha value is -3.37. The van der Waals surface area contributed by atoms with Crippen LogP contribution in [0.4, 0.5) is 0 Å². The molecule has 2 bridgehead atoms. The Balaban J connectivity index is 1.15. The van der Waals surface area contributed by atoms with Crippen molar-refractivity contribution < 1.29 is 38.7 Å². The summed E-state index contributed by atoms with van der Waals surface area (Å²) >= 11 is 0. The van der Waals surface area contributed by atoms with Gasteiger partial charge in [0.05, 0.1) is 36.3 Å². The SMILES string of the molecule is C[C@@H](O)[C@H]1C(=O)N2C(C(=O)[O-])=C(c3ccc4c(c3)C(=O)c3ccc(C[N+]56CC[N+](CCCO)(CC5)CC6)cc3-4)C[C@H]12. The van der Waals surface area contributed by atoms with Crippen molar-refractivity contribution in [3.8, 4) is 11.1 Å². The molecule has 2 N–H and O–H groups in total. The maximum Gasteiger partial charge on any atom is 0.235 e. The molecule has 0 aromatic heterocycles. The van der Waals surface area contributed by atoms with Gasteiger partial charge in [-0.25, -0.2) is 0 Å². The van der Waals surface area contributed by atoms with E-state index in [4.69, 9.17) is 0 Å². The van der Waals surface area contributed by atoms with E-state index < -0.39 is 29.9 Å². The maximum absolute atomic E-state index is 13.5. The average molecular weight is 559 g/mol. The van der Waals surface area contributed by atoms with Gasteiger partial charge in [0.1, 0.15) is 45.8 Å². The third-order valence-electron chi connectivity index (χ3n) is 10.6. The number of aliphatic carboxylic acids is 1. The molecule has 6 aliphatic rings. The van der Waals surface area contributed by atoms with Gasteiger partial charge in [-0.05, 0) is 53.8 Å². The summed E-state index contributed by atoms with van der Waals surface area (Å²) in [7, 11) is 0. The van der Waals surface area contributed by atoms with Gasteiger partial charge in [-0.1, -0.05) is 18.2 Å². The Morgan fingerprint density at radius 3 is 2.32 bits per heavy atom. The fourth-order valence-corrected chi connectivity index (χ4v) is 8.24. The highest BCUT2D eigenvalue weighted by Gasteiger charge is 2.55. The van der Waals surface area contributed by atoms with Gasteiger partial charge in [0.2, 0.25) is 5.91 Å². The zero-order chi connectivity index (χ0) is 28.7. The normalized spacial score (nSPS) is 30.3. The van der Waals surface area contributed by atoms with Crippen LogP contribution in [-0.4, -0.2) is 106 Å². The number of fused-ring (bicyclic) bond motifs is 7. The average Bonchev–Trinajstić information content (AvgIpc) is 3.45. The number of carbonyl (C=O) groups is 3. The van der Waals surface area contributed by atoms with E-state index in [1.807, 2.05) is 18.2 Å². The van der Waals surface area contributed by atoms with Gasteiger partial charge in [0.25, 0.3) is 0 Å². The van der Waals surface area contributed by atoms with Gasteiger partial charge in [-0.15, -0.1) is 0 Å². The number of ketones is 1. The Bertz CT molecular complexity index is 1500. The van der Waals surface area contributed by atoms with Crippen molar-refractivity contribution in [3.05, 3.63) is 64.3 Å². The Kier molecular flexibility index (Phi) is 6.03. The number of piperazine rings is 3. The molecular formula is C32H36N3O6+. The number of quaternary nitrogens is 2. The van der Waals surface area contributed by atoms with Crippen LogP contribution in [0.2, 0.25) is 0 Å². The van der Waals surface area contributed by atoms with Crippen LogP contribution in [0.25, 0.3) is 16.7 Å². The zero-order valence-corrected chi connectivity index (χ0v) is 23.3. The third-order valence-corrected chi connectivity index (χ3v) is 10.6. The van der Waals surface area contributed by atoms with Crippen molar-refractivity contribution in [3.63, 3.8) is 0 Å². The summed E-state index contributed by atoms with van der Waals surface area (Å²) in [5.74, 6) is -2.54. The summed E-state index contributed by atoms with van der Waals surface area (Å²) < 4.78 is 2.21. The van der Waals surface area contributed by atoms with Crippen LogP contribution in [0.15, 0.2) is 42.1 Å². The van der Waals surface area contributed by atoms with E-state index in [0.717, 1.165) is 78.9 Å². The van der Waals surface area contributed by atoms with Crippen LogP contribution in [0.5, 0.6) is 0 Å². The van der Waals surface area contributed by atoms with Crippen molar-refractivity contribution in [1.29, 1.82) is 0 Å². The summed E-state index contributed by atoms with van der Waals surface area (Å²) in [4.78, 5) is 39.4. The van der Waals surface area contributed by atoms with Crippen molar-refractivity contribution in [2.45, 2.75) is 38.5 Å². The summed E-state index contributed by atoms with van der Waals surface area (Å²) in [6.45, 7) is 10.7. The number of carbonyl (C=O) groups excluding carboxylic acids is 3. The van der Waals surface area contributed by atoms with Gasteiger partial charge in [0, 0.05) is 29.7 Å². The van der Waals surface area contributed by atoms with E-state index in [0.29, 0.717) is 28.7 Å². The summed E-state index contributed by atoms with van der Waals surface area (Å²) in [6.07, 6.45) is 0.296. The minimum absolute atomic E-state index is 0.0767. The van der Waals surface area contributed by atoms with Gasteiger partial charge in [-0.3, -0.25) is 9.59 Å². The molecule has 41 heavy (non-hydrogen) atoms. The van der Waals surface area contributed by atoms with Crippen molar-refractivity contribution >= 4 is 23.2 Å². The van der Waals surface area contributed by atoms with Crippen LogP contribution in [-0.2, 0) is 16.1 Å². The number of nitrogens with zero attached hydrogens (tertiary/aromatic N) is 3. The van der Waals surface area contributed by atoms with E-state index in [2.05, 4.69) is 12.1 Å². The molecule has 8 rings (SSSR count). The van der Waals surface area contributed by atoms with Crippen LogP contribution >= 0.6 is 0 Å². The minimum atomic E-state index is -1.42. The molecule has 0 radical (unpaired) electrons. The molecule has 5 aliphatic heterocycles. The van der Waals surface area contributed by atoms with Crippen LogP contribution < -0.4 is 5.11 Å². The van der Waals surface area contributed by atoms with Crippen LogP contribution in [0.1, 0.15) is 46.8 Å². The molecule has 0 unspecified atom stereocenters. The van der Waals surface area contributed by atoms with Crippen molar-refractivity contribution in [1.82, 2.24) is 4.90 Å². The summed E-state index contributed by atoms with van der Waals surface area (Å²) in [5, 5.41) is 31.4. The van der Waals surface area contributed by atoms with Gasteiger partial charge >= 0.3 is 0 Å². The van der Waals surface area contributed by atoms with E-state index in [9.17, 15) is 29.7 Å². The molecule has 2 aromatic rings. The number of hydrogen-bond acceptors (Lipinski definition) is 6. The quantitative estimate of drug-likeness (QED) is 0.308. The number of carboxylic acids is 1. The second-order valence-electron chi connectivity index (χ2n) is 12.8. The highest BCUT2D eigenvalue weighted by molar-refractivity contribution is 6.22. The number of carboxylic acid groups (broad SMARTS) is 1. The topological polar surface area (TPSA) is 118 Å². The molecular weight excluding hydrogens is 522 g/mol. The molecule has 1 amide bonds. The molecule has 5 heterocycles. The molecule has 3 atom stereocenters.